The Bertz CT molecular complexity index is 1250. The zero-order valence-corrected chi connectivity index (χ0v) is 17.9. The number of nitrogens with zero attached hydrogens (tertiary/aromatic N) is 1. The number of anilines is 1. The molecule has 3 aromatic carbocycles. The molecule has 1 heterocycles. The fourth-order valence-corrected chi connectivity index (χ4v) is 4.65. The highest BCUT2D eigenvalue weighted by Gasteiger charge is 2.25. The largest absolute Gasteiger partial charge is 0.488 e. The van der Waals surface area contributed by atoms with E-state index in [1.807, 2.05) is 0 Å². The van der Waals surface area contributed by atoms with Crippen molar-refractivity contribution in [2.24, 2.45) is 4.40 Å². The Morgan fingerprint density at radius 3 is 2.66 bits per heavy atom. The van der Waals surface area contributed by atoms with Gasteiger partial charge in [0.25, 0.3) is 10.0 Å². The average molecular weight is 496 g/mol. The van der Waals surface area contributed by atoms with E-state index in [-0.39, 0.29) is 22.4 Å². The molecule has 29 heavy (non-hydrogen) atoms. The van der Waals surface area contributed by atoms with Crippen molar-refractivity contribution in [3.63, 3.8) is 0 Å². The third kappa shape index (κ3) is 4.14. The minimum absolute atomic E-state index is 0.138. The summed E-state index contributed by atoms with van der Waals surface area (Å²) in [6.07, 6.45) is 0. The summed E-state index contributed by atoms with van der Waals surface area (Å²) in [6.45, 7) is 0.151. The molecule has 0 amide bonds. The summed E-state index contributed by atoms with van der Waals surface area (Å²) in [4.78, 5) is 0.138. The summed E-state index contributed by atoms with van der Waals surface area (Å²) in [5, 5.41) is 3.32. The van der Waals surface area contributed by atoms with Crippen molar-refractivity contribution in [2.45, 2.75) is 11.5 Å². The first-order valence-corrected chi connectivity index (χ1v) is 11.0. The Kier molecular flexibility index (Phi) is 5.33. The minimum atomic E-state index is -3.78. The second-order valence-corrected chi connectivity index (χ2v) is 9.04. The number of halogens is 3. The van der Waals surface area contributed by atoms with Gasteiger partial charge in [0.1, 0.15) is 23.1 Å². The van der Waals surface area contributed by atoms with E-state index in [0.29, 0.717) is 27.0 Å². The Morgan fingerprint density at radius 1 is 1.10 bits per heavy atom. The third-order valence-electron chi connectivity index (χ3n) is 4.23. The smallest absolute Gasteiger partial charge is 0.286 e. The molecule has 0 atom stereocenters. The van der Waals surface area contributed by atoms with E-state index < -0.39 is 15.8 Å². The number of hydrogen-bond donors (Lipinski definition) is 1. The van der Waals surface area contributed by atoms with E-state index in [1.165, 1.54) is 18.2 Å². The quantitative estimate of drug-likeness (QED) is 0.527. The second-order valence-electron chi connectivity index (χ2n) is 6.21. The van der Waals surface area contributed by atoms with Crippen LogP contribution in [0.4, 0.5) is 10.1 Å². The molecule has 0 bridgehead atoms. The number of nitrogens with one attached hydrogen (secondary N) is 1. The highest BCUT2D eigenvalue weighted by Crippen LogP contribution is 2.31. The van der Waals surface area contributed by atoms with Crippen LogP contribution in [0, 0.1) is 5.82 Å². The summed E-state index contributed by atoms with van der Waals surface area (Å²) >= 11 is 9.45. The Balaban J connectivity index is 1.57. The van der Waals surface area contributed by atoms with Gasteiger partial charge in [-0.1, -0.05) is 29.8 Å². The molecule has 4 rings (SSSR count). The van der Waals surface area contributed by atoms with Crippen LogP contribution >= 0.6 is 27.5 Å². The topological polar surface area (TPSA) is 67.8 Å². The summed E-state index contributed by atoms with van der Waals surface area (Å²) in [7, 11) is -3.78. The van der Waals surface area contributed by atoms with Gasteiger partial charge in [-0.15, -0.1) is 4.40 Å². The van der Waals surface area contributed by atoms with Gasteiger partial charge in [0, 0.05) is 11.1 Å². The highest BCUT2D eigenvalue weighted by atomic mass is 79.9. The Hall–Kier alpha value is -2.42. The molecule has 1 aliphatic rings. The molecule has 9 heteroatoms. The predicted molar refractivity (Wildman–Crippen MR) is 114 cm³/mol. The van der Waals surface area contributed by atoms with Gasteiger partial charge in [0.2, 0.25) is 0 Å². The first-order chi connectivity index (χ1) is 13.8. The number of para-hydroxylation sites is 1. The van der Waals surface area contributed by atoms with E-state index in [2.05, 4.69) is 25.6 Å². The maximum absolute atomic E-state index is 13.2. The molecular weight excluding hydrogens is 483 g/mol. The van der Waals surface area contributed by atoms with Crippen LogP contribution in [-0.2, 0) is 16.6 Å². The van der Waals surface area contributed by atoms with Crippen LogP contribution in [0.15, 0.2) is 74.4 Å². The van der Waals surface area contributed by atoms with Crippen LogP contribution in [0.5, 0.6) is 5.75 Å². The van der Waals surface area contributed by atoms with Gasteiger partial charge in [-0.05, 0) is 58.4 Å². The first-order valence-electron chi connectivity index (χ1n) is 8.41. The lowest BCUT2D eigenvalue weighted by Gasteiger charge is -2.18. The zero-order valence-electron chi connectivity index (χ0n) is 14.7. The van der Waals surface area contributed by atoms with Crippen molar-refractivity contribution in [2.75, 3.05) is 5.32 Å². The number of amidine groups is 1. The van der Waals surface area contributed by atoms with E-state index in [9.17, 15) is 12.8 Å². The van der Waals surface area contributed by atoms with E-state index in [0.717, 1.165) is 0 Å². The molecule has 0 unspecified atom stereocenters. The molecule has 0 radical (unpaired) electrons. The molecule has 148 valence electrons. The molecule has 0 aromatic heterocycles. The van der Waals surface area contributed by atoms with Gasteiger partial charge >= 0.3 is 0 Å². The predicted octanol–water partition coefficient (Wildman–Crippen LogP) is 5.38. The van der Waals surface area contributed by atoms with Crippen molar-refractivity contribution in [3.8, 4) is 5.75 Å². The molecule has 0 saturated carbocycles. The molecule has 3 aromatic rings. The monoisotopic (exact) mass is 494 g/mol. The summed E-state index contributed by atoms with van der Waals surface area (Å²) < 4.78 is 48.2. The summed E-state index contributed by atoms with van der Waals surface area (Å²) in [5.74, 6) is 0.327. The Labute approximate surface area is 180 Å². The lowest BCUT2D eigenvalue weighted by Crippen LogP contribution is -2.22. The van der Waals surface area contributed by atoms with Crippen LogP contribution in [0.3, 0.4) is 0 Å². The molecule has 1 N–H and O–H groups in total. The molecular formula is C20H13BrClFN2O3S. The summed E-state index contributed by atoms with van der Waals surface area (Å²) in [6, 6.07) is 15.8. The summed E-state index contributed by atoms with van der Waals surface area (Å²) in [5.41, 5.74) is 1.69. The fraction of sp³-hybridized carbons (Fsp3) is 0.0500. The van der Waals surface area contributed by atoms with E-state index >= 15 is 0 Å². The number of ether oxygens (including phenoxy) is 1. The normalized spacial score (nSPS) is 14.5. The Morgan fingerprint density at radius 2 is 1.90 bits per heavy atom. The first kappa shape index (κ1) is 19.9. The van der Waals surface area contributed by atoms with Crippen LogP contribution in [0.2, 0.25) is 5.02 Å². The molecule has 5 nitrogen and oxygen atoms in total. The zero-order chi connectivity index (χ0) is 20.6. The fourth-order valence-electron chi connectivity index (χ4n) is 2.80. The number of rotatable bonds is 4. The number of sulfonamides is 1. The molecule has 0 fully saturated rings. The number of fused-ring (bicyclic) bond motifs is 1. The van der Waals surface area contributed by atoms with Crippen molar-refractivity contribution < 1.29 is 17.5 Å². The van der Waals surface area contributed by atoms with Crippen molar-refractivity contribution in [1.29, 1.82) is 0 Å². The molecule has 0 spiro atoms. The minimum Gasteiger partial charge on any atom is -0.488 e. The van der Waals surface area contributed by atoms with Crippen molar-refractivity contribution in [3.05, 3.63) is 87.1 Å². The van der Waals surface area contributed by atoms with Crippen molar-refractivity contribution in [1.82, 2.24) is 0 Å². The second kappa shape index (κ2) is 7.78. The van der Waals surface area contributed by atoms with E-state index in [4.69, 9.17) is 16.3 Å². The van der Waals surface area contributed by atoms with Gasteiger partial charge in [0.15, 0.2) is 5.84 Å². The average Bonchev–Trinajstić information content (AvgIpc) is 2.67. The third-order valence-corrected chi connectivity index (χ3v) is 6.54. The molecule has 0 aliphatic carbocycles. The lowest BCUT2D eigenvalue weighted by molar-refractivity contribution is 0.304. The van der Waals surface area contributed by atoms with Crippen molar-refractivity contribution >= 4 is 49.1 Å². The van der Waals surface area contributed by atoms with Gasteiger partial charge < -0.3 is 10.1 Å². The standard InChI is InChI=1S/C20H13BrClFN2O3S/c21-15-9-12(20-24-17-3-1-2-4-19(17)29(26,27)25-20)6-8-18(15)28-11-13-5-7-14(23)10-16(13)22/h1-10H,11H2,(H,24,25). The van der Waals surface area contributed by atoms with Crippen LogP contribution < -0.4 is 10.1 Å². The van der Waals surface area contributed by atoms with Gasteiger partial charge in [-0.25, -0.2) is 4.39 Å². The van der Waals surface area contributed by atoms with Crippen LogP contribution in [0.25, 0.3) is 0 Å². The van der Waals surface area contributed by atoms with Crippen LogP contribution in [0.1, 0.15) is 11.1 Å². The molecule has 0 saturated heterocycles. The number of hydrogen-bond acceptors (Lipinski definition) is 4. The van der Waals surface area contributed by atoms with Crippen LogP contribution in [-0.4, -0.2) is 14.3 Å². The maximum Gasteiger partial charge on any atom is 0.286 e. The maximum atomic E-state index is 13.2. The molecule has 1 aliphatic heterocycles. The lowest BCUT2D eigenvalue weighted by atomic mass is 10.2. The SMILES string of the molecule is O=S1(=O)N=C(c2ccc(OCc3ccc(F)cc3Cl)c(Br)c2)Nc2ccccc21. The van der Waals surface area contributed by atoms with E-state index in [1.54, 1.807) is 42.5 Å². The van der Waals surface area contributed by atoms with Gasteiger partial charge in [0.05, 0.1) is 15.2 Å². The number of benzene rings is 3. The van der Waals surface area contributed by atoms with Gasteiger partial charge in [-0.2, -0.15) is 8.42 Å². The van der Waals surface area contributed by atoms with Gasteiger partial charge in [-0.3, -0.25) is 0 Å². The highest BCUT2D eigenvalue weighted by molar-refractivity contribution is 9.10.